The van der Waals surface area contributed by atoms with Crippen LogP contribution in [0.1, 0.15) is 72.6 Å². The van der Waals surface area contributed by atoms with Gasteiger partial charge in [0.1, 0.15) is 0 Å². The highest BCUT2D eigenvalue weighted by molar-refractivity contribution is 4.90. The van der Waals surface area contributed by atoms with E-state index in [-0.39, 0.29) is 0 Å². The maximum atomic E-state index is 3.74. The van der Waals surface area contributed by atoms with Gasteiger partial charge in [-0.15, -0.1) is 0 Å². The summed E-state index contributed by atoms with van der Waals surface area (Å²) < 4.78 is 0. The molecule has 0 amide bonds. The van der Waals surface area contributed by atoms with Crippen molar-refractivity contribution in [2.45, 2.75) is 90.8 Å². The highest BCUT2D eigenvalue weighted by Crippen LogP contribution is 2.32. The van der Waals surface area contributed by atoms with Gasteiger partial charge in [0.25, 0.3) is 0 Å². The molecule has 0 aromatic carbocycles. The number of hydrogen-bond donors (Lipinski definition) is 1. The Balaban J connectivity index is 1.96. The summed E-state index contributed by atoms with van der Waals surface area (Å²) in [5, 5.41) is 3.74. The van der Waals surface area contributed by atoms with E-state index in [2.05, 4.69) is 37.9 Å². The molecule has 1 aliphatic carbocycles. The predicted octanol–water partition coefficient (Wildman–Crippen LogP) is 4.05. The van der Waals surface area contributed by atoms with Gasteiger partial charge in [-0.2, -0.15) is 0 Å². The van der Waals surface area contributed by atoms with Gasteiger partial charge in [0, 0.05) is 31.2 Å². The van der Waals surface area contributed by atoms with Crippen LogP contribution in [0, 0.1) is 11.8 Å². The fraction of sp³-hybridized carbons (Fsp3) is 1.00. The van der Waals surface area contributed by atoms with Gasteiger partial charge in [-0.25, -0.2) is 0 Å². The molecule has 2 heteroatoms. The average Bonchev–Trinajstić information content (AvgIpc) is 2.72. The molecule has 2 nitrogen and oxygen atoms in total. The van der Waals surface area contributed by atoms with Crippen LogP contribution >= 0.6 is 0 Å². The van der Waals surface area contributed by atoms with Gasteiger partial charge in [0.05, 0.1) is 0 Å². The lowest BCUT2D eigenvalue weighted by atomic mass is 9.89. The summed E-state index contributed by atoms with van der Waals surface area (Å²) in [6.45, 7) is 12.0. The Hall–Kier alpha value is -0.0800. The van der Waals surface area contributed by atoms with Crippen molar-refractivity contribution in [2.75, 3.05) is 13.1 Å². The van der Waals surface area contributed by atoms with Crippen LogP contribution in [0.3, 0.4) is 0 Å². The van der Waals surface area contributed by atoms with Crippen molar-refractivity contribution in [3.8, 4) is 0 Å². The number of piperazine rings is 1. The normalized spacial score (nSPS) is 37.0. The van der Waals surface area contributed by atoms with Crippen molar-refractivity contribution in [1.82, 2.24) is 10.2 Å². The summed E-state index contributed by atoms with van der Waals surface area (Å²) in [5.41, 5.74) is 0. The molecule has 2 rings (SSSR count). The van der Waals surface area contributed by atoms with E-state index in [0.29, 0.717) is 0 Å². The Morgan fingerprint density at radius 1 is 1.05 bits per heavy atom. The molecule has 1 aliphatic heterocycles. The van der Waals surface area contributed by atoms with Crippen molar-refractivity contribution in [2.24, 2.45) is 11.8 Å². The first kappa shape index (κ1) is 16.3. The molecule has 118 valence electrons. The second kappa shape index (κ2) is 7.79. The first-order valence-corrected chi connectivity index (χ1v) is 9.14. The van der Waals surface area contributed by atoms with E-state index in [1.54, 1.807) is 0 Å². The van der Waals surface area contributed by atoms with Crippen LogP contribution in [-0.4, -0.2) is 36.1 Å². The molecule has 1 heterocycles. The zero-order valence-electron chi connectivity index (χ0n) is 14.2. The lowest BCUT2D eigenvalue weighted by Crippen LogP contribution is -2.59. The van der Waals surface area contributed by atoms with Crippen LogP contribution in [0.15, 0.2) is 0 Å². The maximum absolute atomic E-state index is 3.74. The molecule has 0 aromatic heterocycles. The average molecular weight is 280 g/mol. The molecule has 20 heavy (non-hydrogen) atoms. The third-order valence-corrected chi connectivity index (χ3v) is 5.90. The Kier molecular flexibility index (Phi) is 6.35. The minimum atomic E-state index is 0.724. The van der Waals surface area contributed by atoms with Gasteiger partial charge in [-0.1, -0.05) is 40.5 Å². The third-order valence-electron chi connectivity index (χ3n) is 5.90. The molecular formula is C18H36N2. The SMILES string of the molecule is CCC1CN(C2CCCC(C(C)C)CC2)C(CC)CN1. The van der Waals surface area contributed by atoms with Gasteiger partial charge in [0.15, 0.2) is 0 Å². The second-order valence-electron chi connectivity index (χ2n) is 7.44. The zero-order chi connectivity index (χ0) is 14.5. The van der Waals surface area contributed by atoms with Crippen molar-refractivity contribution >= 4 is 0 Å². The van der Waals surface area contributed by atoms with Crippen molar-refractivity contribution < 1.29 is 0 Å². The molecule has 2 fully saturated rings. The summed E-state index contributed by atoms with van der Waals surface area (Å²) in [6, 6.07) is 2.36. The van der Waals surface area contributed by atoms with Crippen molar-refractivity contribution in [1.29, 1.82) is 0 Å². The van der Waals surface area contributed by atoms with E-state index in [0.717, 1.165) is 30.0 Å². The molecule has 0 aromatic rings. The van der Waals surface area contributed by atoms with Gasteiger partial charge < -0.3 is 5.32 Å². The van der Waals surface area contributed by atoms with Gasteiger partial charge in [-0.3, -0.25) is 4.90 Å². The van der Waals surface area contributed by atoms with E-state index in [4.69, 9.17) is 0 Å². The van der Waals surface area contributed by atoms with Crippen LogP contribution < -0.4 is 5.32 Å². The van der Waals surface area contributed by atoms with E-state index in [9.17, 15) is 0 Å². The number of nitrogens with one attached hydrogen (secondary N) is 1. The van der Waals surface area contributed by atoms with Crippen molar-refractivity contribution in [3.05, 3.63) is 0 Å². The first-order chi connectivity index (χ1) is 9.65. The third kappa shape index (κ3) is 3.98. The molecule has 2 aliphatic rings. The van der Waals surface area contributed by atoms with E-state index < -0.39 is 0 Å². The Labute approximate surface area is 126 Å². The number of hydrogen-bond acceptors (Lipinski definition) is 2. The van der Waals surface area contributed by atoms with E-state index in [1.165, 1.54) is 58.0 Å². The Morgan fingerprint density at radius 3 is 2.50 bits per heavy atom. The quantitative estimate of drug-likeness (QED) is 0.781. The summed E-state index contributed by atoms with van der Waals surface area (Å²) >= 11 is 0. The van der Waals surface area contributed by atoms with Crippen LogP contribution in [0.25, 0.3) is 0 Å². The number of rotatable bonds is 4. The smallest absolute Gasteiger partial charge is 0.0221 e. The van der Waals surface area contributed by atoms with Gasteiger partial charge in [-0.05, 0) is 43.9 Å². The molecule has 1 saturated heterocycles. The Bertz CT molecular complexity index is 277. The van der Waals surface area contributed by atoms with Crippen LogP contribution in [-0.2, 0) is 0 Å². The minimum absolute atomic E-state index is 0.724. The summed E-state index contributed by atoms with van der Waals surface area (Å²) in [4.78, 5) is 2.88. The maximum Gasteiger partial charge on any atom is 0.0221 e. The summed E-state index contributed by atoms with van der Waals surface area (Å²) in [6.07, 6.45) is 9.83. The highest BCUT2D eigenvalue weighted by atomic mass is 15.3. The molecule has 1 N–H and O–H groups in total. The van der Waals surface area contributed by atoms with E-state index >= 15 is 0 Å². The largest absolute Gasteiger partial charge is 0.311 e. The zero-order valence-corrected chi connectivity index (χ0v) is 14.2. The number of nitrogens with zero attached hydrogens (tertiary/aromatic N) is 1. The lowest BCUT2D eigenvalue weighted by Gasteiger charge is -2.44. The fourth-order valence-electron chi connectivity index (χ4n) is 4.30. The van der Waals surface area contributed by atoms with Gasteiger partial charge in [0.2, 0.25) is 0 Å². The molecule has 0 radical (unpaired) electrons. The lowest BCUT2D eigenvalue weighted by molar-refractivity contribution is 0.0688. The first-order valence-electron chi connectivity index (χ1n) is 9.14. The van der Waals surface area contributed by atoms with Gasteiger partial charge >= 0.3 is 0 Å². The minimum Gasteiger partial charge on any atom is -0.311 e. The van der Waals surface area contributed by atoms with Crippen molar-refractivity contribution in [3.63, 3.8) is 0 Å². The molecule has 4 atom stereocenters. The van der Waals surface area contributed by atoms with Crippen LogP contribution in [0.5, 0.6) is 0 Å². The standard InChI is InChI=1S/C18H36N2/c1-5-16-13-20(17(6-2)12-19-16)18-9-7-8-15(10-11-18)14(3)4/h14-19H,5-13H2,1-4H3. The molecule has 0 spiro atoms. The van der Waals surface area contributed by atoms with Crippen LogP contribution in [0.4, 0.5) is 0 Å². The van der Waals surface area contributed by atoms with Crippen LogP contribution in [0.2, 0.25) is 0 Å². The summed E-state index contributed by atoms with van der Waals surface area (Å²) in [5.74, 6) is 1.85. The monoisotopic (exact) mass is 280 g/mol. The Morgan fingerprint density at radius 2 is 1.85 bits per heavy atom. The second-order valence-corrected chi connectivity index (χ2v) is 7.44. The molecule has 0 bridgehead atoms. The highest BCUT2D eigenvalue weighted by Gasteiger charge is 2.32. The summed E-state index contributed by atoms with van der Waals surface area (Å²) in [7, 11) is 0. The molecular weight excluding hydrogens is 244 g/mol. The topological polar surface area (TPSA) is 15.3 Å². The molecule has 1 saturated carbocycles. The van der Waals surface area contributed by atoms with E-state index in [1.807, 2.05) is 0 Å². The fourth-order valence-corrected chi connectivity index (χ4v) is 4.30. The molecule has 4 unspecified atom stereocenters. The predicted molar refractivity (Wildman–Crippen MR) is 88.1 cm³/mol.